The van der Waals surface area contributed by atoms with Crippen molar-refractivity contribution in [2.24, 2.45) is 0 Å². The highest BCUT2D eigenvalue weighted by atomic mass is 32.2. The molecule has 1 aliphatic heterocycles. The Balaban J connectivity index is 1.83. The highest BCUT2D eigenvalue weighted by Gasteiger charge is 2.28. The fourth-order valence-electron chi connectivity index (χ4n) is 4.12. The Morgan fingerprint density at radius 3 is 2.28 bits per heavy atom. The van der Waals surface area contributed by atoms with Gasteiger partial charge in [0.25, 0.3) is 0 Å². The molecular formula is C27H22N2O2S. The monoisotopic (exact) mass is 438 g/mol. The molecule has 3 aromatic carbocycles. The fraction of sp³-hybridized carbons (Fsp3) is 0.111. The average molecular weight is 439 g/mol. The van der Waals surface area contributed by atoms with Crippen LogP contribution in [0.25, 0.3) is 28.6 Å². The van der Waals surface area contributed by atoms with Gasteiger partial charge in [0.2, 0.25) is 0 Å². The zero-order valence-electron chi connectivity index (χ0n) is 17.9. The van der Waals surface area contributed by atoms with Gasteiger partial charge in [-0.3, -0.25) is 0 Å². The summed E-state index contributed by atoms with van der Waals surface area (Å²) in [5, 5.41) is 0. The minimum atomic E-state index is -0.404. The largest absolute Gasteiger partial charge is 0.466 e. The van der Waals surface area contributed by atoms with Gasteiger partial charge in [-0.05, 0) is 30.7 Å². The van der Waals surface area contributed by atoms with Crippen molar-refractivity contribution in [3.05, 3.63) is 96.3 Å². The molecule has 0 bridgehead atoms. The molecule has 5 rings (SSSR count). The van der Waals surface area contributed by atoms with E-state index in [-0.39, 0.29) is 6.04 Å². The van der Waals surface area contributed by atoms with Gasteiger partial charge >= 0.3 is 5.97 Å². The number of esters is 1. The highest BCUT2D eigenvalue weighted by Crippen LogP contribution is 2.48. The van der Waals surface area contributed by atoms with E-state index in [1.54, 1.807) is 17.8 Å². The Kier molecular flexibility index (Phi) is 5.41. The summed E-state index contributed by atoms with van der Waals surface area (Å²) in [6, 6.07) is 27.1. The number of carbonyl (C=O) groups excluding carboxylic acids is 1. The lowest BCUT2D eigenvalue weighted by molar-refractivity contribution is -0.134. The van der Waals surface area contributed by atoms with E-state index in [1.165, 1.54) is 28.5 Å². The number of ether oxygens (including phenoxy) is 1. The van der Waals surface area contributed by atoms with Gasteiger partial charge in [-0.25, -0.2) is 9.78 Å². The average Bonchev–Trinajstić information content (AvgIpc) is 3.16. The van der Waals surface area contributed by atoms with Crippen LogP contribution in [0, 0.1) is 0 Å². The Labute approximate surface area is 191 Å². The number of nitrogens with zero attached hydrogens (tertiary/aromatic N) is 2. The first-order valence-corrected chi connectivity index (χ1v) is 11.3. The number of methoxy groups -OCH3 is 1. The van der Waals surface area contributed by atoms with Gasteiger partial charge in [0.05, 0.1) is 24.5 Å². The molecule has 32 heavy (non-hydrogen) atoms. The zero-order valence-corrected chi connectivity index (χ0v) is 18.7. The lowest BCUT2D eigenvalue weighted by atomic mass is 10.0. The first-order chi connectivity index (χ1) is 15.7. The first-order valence-electron chi connectivity index (χ1n) is 10.5. The lowest BCUT2D eigenvalue weighted by Crippen LogP contribution is -2.11. The molecule has 1 atom stereocenters. The minimum absolute atomic E-state index is 0.00747. The van der Waals surface area contributed by atoms with Crippen LogP contribution >= 0.6 is 11.8 Å². The van der Waals surface area contributed by atoms with Gasteiger partial charge < -0.3 is 9.30 Å². The van der Waals surface area contributed by atoms with Gasteiger partial charge in [-0.1, -0.05) is 78.5 Å². The summed E-state index contributed by atoms with van der Waals surface area (Å²) in [5.74, 6) is 0.312. The number of carbonyl (C=O) groups is 1. The van der Waals surface area contributed by atoms with Gasteiger partial charge in [0, 0.05) is 27.0 Å². The third kappa shape index (κ3) is 3.55. The van der Waals surface area contributed by atoms with Crippen molar-refractivity contribution < 1.29 is 9.53 Å². The smallest absolute Gasteiger partial charge is 0.330 e. The van der Waals surface area contributed by atoms with E-state index in [4.69, 9.17) is 9.72 Å². The second-order valence-corrected chi connectivity index (χ2v) is 8.66. The third-order valence-electron chi connectivity index (χ3n) is 5.68. The number of benzene rings is 3. The number of hydrogen-bond acceptors (Lipinski definition) is 4. The molecule has 1 unspecified atom stereocenters. The summed E-state index contributed by atoms with van der Waals surface area (Å²) in [4.78, 5) is 19.3. The van der Waals surface area contributed by atoms with Crippen molar-refractivity contribution in [2.45, 2.75) is 22.8 Å². The SMILES string of the molecule is COC(=O)C=Cc1nc2c(n1C(C)c1ccccc1)-c1ccccc1Sc1ccccc1-2. The van der Waals surface area contributed by atoms with Gasteiger partial charge in [-0.2, -0.15) is 0 Å². The summed E-state index contributed by atoms with van der Waals surface area (Å²) in [5.41, 5.74) is 5.37. The number of rotatable bonds is 4. The Morgan fingerprint density at radius 1 is 0.938 bits per heavy atom. The van der Waals surface area contributed by atoms with E-state index in [2.05, 4.69) is 66.1 Å². The summed E-state index contributed by atoms with van der Waals surface area (Å²) in [6.07, 6.45) is 3.18. The van der Waals surface area contributed by atoms with E-state index in [9.17, 15) is 4.79 Å². The molecule has 0 radical (unpaired) electrons. The molecule has 5 heteroatoms. The van der Waals surface area contributed by atoms with Crippen molar-refractivity contribution in [2.75, 3.05) is 7.11 Å². The molecule has 0 spiro atoms. The molecule has 4 aromatic rings. The topological polar surface area (TPSA) is 44.1 Å². The third-order valence-corrected chi connectivity index (χ3v) is 6.83. The molecule has 2 heterocycles. The number of fused-ring (bicyclic) bond motifs is 5. The second-order valence-electron chi connectivity index (χ2n) is 7.57. The van der Waals surface area contributed by atoms with Crippen molar-refractivity contribution in [1.82, 2.24) is 9.55 Å². The second kappa shape index (κ2) is 8.52. The van der Waals surface area contributed by atoms with Crippen LogP contribution in [-0.4, -0.2) is 22.6 Å². The van der Waals surface area contributed by atoms with Crippen LogP contribution in [-0.2, 0) is 9.53 Å². The number of hydrogen-bond donors (Lipinski definition) is 0. The number of aromatic nitrogens is 2. The lowest BCUT2D eigenvalue weighted by Gasteiger charge is -2.20. The van der Waals surface area contributed by atoms with Crippen molar-refractivity contribution in [3.8, 4) is 22.5 Å². The molecule has 0 aliphatic carbocycles. The molecular weight excluding hydrogens is 416 g/mol. The van der Waals surface area contributed by atoms with Crippen LogP contribution in [0.3, 0.4) is 0 Å². The number of imidazole rings is 1. The summed E-state index contributed by atoms with van der Waals surface area (Å²) < 4.78 is 7.05. The molecule has 0 saturated heterocycles. The van der Waals surface area contributed by atoms with Crippen LogP contribution < -0.4 is 0 Å². The zero-order chi connectivity index (χ0) is 22.1. The quantitative estimate of drug-likeness (QED) is 0.238. The molecule has 0 fully saturated rings. The Bertz CT molecular complexity index is 1320. The normalized spacial score (nSPS) is 13.1. The Morgan fingerprint density at radius 2 is 1.56 bits per heavy atom. The van der Waals surface area contributed by atoms with E-state index in [1.807, 2.05) is 24.3 Å². The van der Waals surface area contributed by atoms with Crippen molar-refractivity contribution >= 4 is 23.8 Å². The molecule has 158 valence electrons. The predicted molar refractivity (Wildman–Crippen MR) is 129 cm³/mol. The van der Waals surface area contributed by atoms with Crippen molar-refractivity contribution in [1.29, 1.82) is 0 Å². The maximum absolute atomic E-state index is 11.9. The van der Waals surface area contributed by atoms with Crippen LogP contribution in [0.2, 0.25) is 0 Å². The first kappa shape index (κ1) is 20.3. The van der Waals surface area contributed by atoms with Crippen molar-refractivity contribution in [3.63, 3.8) is 0 Å². The molecule has 1 aliphatic rings. The molecule has 0 N–H and O–H groups in total. The standard InChI is InChI=1S/C27H22N2O2S/c1-18(19-10-4-3-5-11-19)29-24(16-17-25(30)31-2)28-26-20-12-6-8-14-22(20)32-23-15-9-7-13-21(23)27(26)29/h3-18H,1-2H3. The maximum atomic E-state index is 11.9. The molecule has 0 saturated carbocycles. The predicted octanol–water partition coefficient (Wildman–Crippen LogP) is 6.48. The maximum Gasteiger partial charge on any atom is 0.330 e. The van der Waals surface area contributed by atoms with E-state index in [0.717, 1.165) is 22.5 Å². The summed E-state index contributed by atoms with van der Waals surface area (Å²) in [6.45, 7) is 2.17. The molecule has 4 nitrogen and oxygen atoms in total. The van der Waals surface area contributed by atoms with E-state index >= 15 is 0 Å². The van der Waals surface area contributed by atoms with Gasteiger partial charge in [-0.15, -0.1) is 0 Å². The highest BCUT2D eigenvalue weighted by molar-refractivity contribution is 7.99. The fourth-order valence-corrected chi connectivity index (χ4v) is 5.20. The summed E-state index contributed by atoms with van der Waals surface area (Å²) in [7, 11) is 1.38. The van der Waals surface area contributed by atoms with Crippen LogP contribution in [0.1, 0.15) is 24.4 Å². The van der Waals surface area contributed by atoms with Crippen LogP contribution in [0.4, 0.5) is 0 Å². The van der Waals surface area contributed by atoms with Crippen LogP contribution in [0.5, 0.6) is 0 Å². The van der Waals surface area contributed by atoms with Gasteiger partial charge in [0.1, 0.15) is 5.82 Å². The van der Waals surface area contributed by atoms with E-state index in [0.29, 0.717) is 5.82 Å². The van der Waals surface area contributed by atoms with E-state index < -0.39 is 5.97 Å². The minimum Gasteiger partial charge on any atom is -0.466 e. The van der Waals surface area contributed by atoms with Gasteiger partial charge in [0.15, 0.2) is 0 Å². The molecule has 1 aromatic heterocycles. The Hall–Kier alpha value is -3.57. The summed E-state index contributed by atoms with van der Waals surface area (Å²) >= 11 is 1.76. The van der Waals surface area contributed by atoms with Crippen LogP contribution in [0.15, 0.2) is 94.7 Å². The molecule has 0 amide bonds.